The molecule has 6 heteroatoms. The van der Waals surface area contributed by atoms with Gasteiger partial charge in [-0.15, -0.1) is 0 Å². The first-order valence-electron chi connectivity index (χ1n) is 8.06. The summed E-state index contributed by atoms with van der Waals surface area (Å²) in [5.41, 5.74) is 2.17. The van der Waals surface area contributed by atoms with Gasteiger partial charge in [0.05, 0.1) is 17.9 Å². The summed E-state index contributed by atoms with van der Waals surface area (Å²) >= 11 is 0. The van der Waals surface area contributed by atoms with E-state index in [4.69, 9.17) is 4.74 Å². The molecule has 0 saturated carbocycles. The summed E-state index contributed by atoms with van der Waals surface area (Å²) in [7, 11) is 0. The van der Waals surface area contributed by atoms with Crippen LogP contribution in [0.15, 0.2) is 60.3 Å². The zero-order chi connectivity index (χ0) is 18.9. The average molecular weight is 349 g/mol. The van der Waals surface area contributed by atoms with Crippen molar-refractivity contribution in [3.63, 3.8) is 0 Å². The van der Waals surface area contributed by atoms with Crippen molar-refractivity contribution in [2.75, 3.05) is 17.2 Å². The van der Waals surface area contributed by atoms with Crippen LogP contribution in [0.2, 0.25) is 0 Å². The van der Waals surface area contributed by atoms with Gasteiger partial charge in [-0.1, -0.05) is 30.3 Å². The summed E-state index contributed by atoms with van der Waals surface area (Å²) in [4.78, 5) is 24.4. The molecule has 0 bridgehead atoms. The molecule has 0 aliphatic heterocycles. The van der Waals surface area contributed by atoms with E-state index in [0.29, 0.717) is 0 Å². The predicted molar refractivity (Wildman–Crippen MR) is 99.5 cm³/mol. The van der Waals surface area contributed by atoms with E-state index in [-0.39, 0.29) is 23.4 Å². The van der Waals surface area contributed by atoms with Crippen molar-refractivity contribution in [2.45, 2.75) is 13.8 Å². The topological polar surface area (TPSA) is 91.2 Å². The van der Waals surface area contributed by atoms with Crippen molar-refractivity contribution in [1.29, 1.82) is 5.26 Å². The lowest BCUT2D eigenvalue weighted by Gasteiger charge is -2.10. The van der Waals surface area contributed by atoms with Gasteiger partial charge in [-0.25, -0.2) is 4.79 Å². The van der Waals surface area contributed by atoms with Crippen LogP contribution in [0.4, 0.5) is 11.4 Å². The van der Waals surface area contributed by atoms with Crippen molar-refractivity contribution in [3.8, 4) is 6.07 Å². The third kappa shape index (κ3) is 4.71. The monoisotopic (exact) mass is 349 g/mol. The largest absolute Gasteiger partial charge is 0.462 e. The van der Waals surface area contributed by atoms with E-state index in [9.17, 15) is 14.9 Å². The molecular weight excluding hydrogens is 330 g/mol. The highest BCUT2D eigenvalue weighted by Gasteiger charge is 2.16. The molecule has 2 aromatic carbocycles. The zero-order valence-electron chi connectivity index (χ0n) is 14.6. The highest BCUT2D eigenvalue weighted by Crippen LogP contribution is 2.18. The second kappa shape index (κ2) is 9.04. The summed E-state index contributed by atoms with van der Waals surface area (Å²) in [6, 6.07) is 15.8. The van der Waals surface area contributed by atoms with E-state index in [1.54, 1.807) is 31.2 Å². The van der Waals surface area contributed by atoms with Crippen molar-refractivity contribution in [1.82, 2.24) is 0 Å². The number of aryl methyl sites for hydroxylation is 1. The average Bonchev–Trinajstić information content (AvgIpc) is 2.64. The Bertz CT molecular complexity index is 882. The standard InChI is InChI=1S/C20H19N3O3/c1-3-26-20(25)16-9-5-7-11-18(16)23-19(24)15(12-21)13-22-17-10-6-4-8-14(17)2/h4-11,13,22H,3H2,1-2H3,(H,23,24)/b15-13-. The number of ether oxygens (including phenoxy) is 1. The molecule has 26 heavy (non-hydrogen) atoms. The molecule has 0 spiro atoms. The number of amides is 1. The number of nitrogens with one attached hydrogen (secondary N) is 2. The van der Waals surface area contributed by atoms with Crippen LogP contribution in [0.1, 0.15) is 22.8 Å². The van der Waals surface area contributed by atoms with Crippen molar-refractivity contribution < 1.29 is 14.3 Å². The third-order valence-electron chi connectivity index (χ3n) is 3.55. The Hall–Kier alpha value is -3.59. The van der Waals surface area contributed by atoms with Crippen LogP contribution < -0.4 is 10.6 Å². The van der Waals surface area contributed by atoms with E-state index in [1.807, 2.05) is 37.3 Å². The van der Waals surface area contributed by atoms with Gasteiger partial charge in [-0.3, -0.25) is 4.79 Å². The lowest BCUT2D eigenvalue weighted by Crippen LogP contribution is -2.17. The fourth-order valence-electron chi connectivity index (χ4n) is 2.20. The summed E-state index contributed by atoms with van der Waals surface area (Å²) in [6.07, 6.45) is 1.34. The van der Waals surface area contributed by atoms with Gasteiger partial charge in [0.1, 0.15) is 11.6 Å². The van der Waals surface area contributed by atoms with Crippen LogP contribution >= 0.6 is 0 Å². The second-order valence-corrected chi connectivity index (χ2v) is 5.35. The SMILES string of the molecule is CCOC(=O)c1ccccc1NC(=O)/C(C#N)=C\Nc1ccccc1C. The highest BCUT2D eigenvalue weighted by atomic mass is 16.5. The van der Waals surface area contributed by atoms with Crippen LogP contribution in [-0.2, 0) is 9.53 Å². The first kappa shape index (κ1) is 18.7. The van der Waals surface area contributed by atoms with Gasteiger partial charge in [-0.2, -0.15) is 5.26 Å². The number of nitrogens with zero attached hydrogens (tertiary/aromatic N) is 1. The Labute approximate surface area is 152 Å². The smallest absolute Gasteiger partial charge is 0.340 e. The van der Waals surface area contributed by atoms with Gasteiger partial charge in [0.2, 0.25) is 0 Å². The summed E-state index contributed by atoms with van der Waals surface area (Å²) in [5, 5.41) is 14.8. The number of nitriles is 1. The Morgan fingerprint density at radius 3 is 2.42 bits per heavy atom. The maximum absolute atomic E-state index is 12.4. The molecule has 0 radical (unpaired) electrons. The van der Waals surface area contributed by atoms with Crippen molar-refractivity contribution in [3.05, 3.63) is 71.4 Å². The number of anilines is 2. The van der Waals surface area contributed by atoms with E-state index in [2.05, 4.69) is 10.6 Å². The minimum absolute atomic E-state index is 0.119. The molecule has 2 aromatic rings. The molecule has 0 aliphatic rings. The van der Waals surface area contributed by atoms with E-state index < -0.39 is 11.9 Å². The number of hydrogen-bond acceptors (Lipinski definition) is 5. The van der Waals surface area contributed by atoms with Crippen LogP contribution in [0, 0.1) is 18.3 Å². The van der Waals surface area contributed by atoms with Gasteiger partial charge in [-0.05, 0) is 37.6 Å². The van der Waals surface area contributed by atoms with Crippen molar-refractivity contribution in [2.24, 2.45) is 0 Å². The summed E-state index contributed by atoms with van der Waals surface area (Å²) in [5.74, 6) is -1.16. The number of hydrogen-bond donors (Lipinski definition) is 2. The maximum atomic E-state index is 12.4. The number of benzene rings is 2. The van der Waals surface area contributed by atoms with Gasteiger partial charge < -0.3 is 15.4 Å². The fraction of sp³-hybridized carbons (Fsp3) is 0.150. The number of carbonyl (C=O) groups is 2. The molecule has 0 saturated heterocycles. The second-order valence-electron chi connectivity index (χ2n) is 5.35. The lowest BCUT2D eigenvalue weighted by molar-refractivity contribution is -0.112. The molecule has 0 atom stereocenters. The van der Waals surface area contributed by atoms with Crippen LogP contribution in [0.3, 0.4) is 0 Å². The minimum atomic E-state index is -0.620. The molecule has 0 unspecified atom stereocenters. The molecule has 2 rings (SSSR count). The molecule has 0 aromatic heterocycles. The Balaban J connectivity index is 2.18. The lowest BCUT2D eigenvalue weighted by atomic mass is 10.1. The summed E-state index contributed by atoms with van der Waals surface area (Å²) in [6.45, 7) is 3.84. The molecule has 0 aliphatic carbocycles. The normalized spacial score (nSPS) is 10.6. The quantitative estimate of drug-likeness (QED) is 0.472. The number of para-hydroxylation sites is 2. The first-order valence-corrected chi connectivity index (χ1v) is 8.06. The third-order valence-corrected chi connectivity index (χ3v) is 3.55. The highest BCUT2D eigenvalue weighted by molar-refractivity contribution is 6.09. The van der Waals surface area contributed by atoms with Gasteiger partial charge >= 0.3 is 5.97 Å². The van der Waals surface area contributed by atoms with E-state index >= 15 is 0 Å². The van der Waals surface area contributed by atoms with E-state index in [0.717, 1.165) is 11.3 Å². The molecule has 0 heterocycles. The van der Waals surface area contributed by atoms with Crippen LogP contribution in [0.25, 0.3) is 0 Å². The zero-order valence-corrected chi connectivity index (χ0v) is 14.6. The maximum Gasteiger partial charge on any atom is 0.340 e. The molecule has 1 amide bonds. The fourth-order valence-corrected chi connectivity index (χ4v) is 2.20. The van der Waals surface area contributed by atoms with Crippen LogP contribution in [0.5, 0.6) is 0 Å². The minimum Gasteiger partial charge on any atom is -0.462 e. The van der Waals surface area contributed by atoms with Gasteiger partial charge in [0.15, 0.2) is 0 Å². The van der Waals surface area contributed by atoms with Crippen LogP contribution in [-0.4, -0.2) is 18.5 Å². The molecule has 0 fully saturated rings. The Morgan fingerprint density at radius 1 is 1.12 bits per heavy atom. The number of esters is 1. The molecular formula is C20H19N3O3. The predicted octanol–water partition coefficient (Wildman–Crippen LogP) is 3.63. The summed E-state index contributed by atoms with van der Waals surface area (Å²) < 4.78 is 4.97. The number of carbonyl (C=O) groups excluding carboxylic acids is 2. The first-order chi connectivity index (χ1) is 12.6. The molecule has 2 N–H and O–H groups in total. The van der Waals surface area contributed by atoms with E-state index in [1.165, 1.54) is 6.20 Å². The Morgan fingerprint density at radius 2 is 1.77 bits per heavy atom. The molecule has 6 nitrogen and oxygen atoms in total. The van der Waals surface area contributed by atoms with Crippen molar-refractivity contribution >= 4 is 23.3 Å². The molecule has 132 valence electrons. The van der Waals surface area contributed by atoms with Gasteiger partial charge in [0, 0.05) is 11.9 Å². The van der Waals surface area contributed by atoms with Gasteiger partial charge in [0.25, 0.3) is 5.91 Å². The Kier molecular flexibility index (Phi) is 6.52. The number of rotatable bonds is 6.